The van der Waals surface area contributed by atoms with Gasteiger partial charge in [0.05, 0.1) is 0 Å². The number of benzene rings is 1. The van der Waals surface area contributed by atoms with Gasteiger partial charge in [0.1, 0.15) is 5.76 Å². The maximum absolute atomic E-state index is 11.9. The second-order valence-electron chi connectivity index (χ2n) is 5.63. The minimum Gasteiger partial charge on any atom is -0.360 e. The fourth-order valence-electron chi connectivity index (χ4n) is 2.70. The third kappa shape index (κ3) is 3.85. The highest BCUT2D eigenvalue weighted by Gasteiger charge is 2.24. The first kappa shape index (κ1) is 14.6. The highest BCUT2D eigenvalue weighted by Crippen LogP contribution is 2.14. The van der Waals surface area contributed by atoms with E-state index in [1.165, 1.54) is 5.56 Å². The van der Waals surface area contributed by atoms with Gasteiger partial charge in [0.25, 0.3) is 0 Å². The summed E-state index contributed by atoms with van der Waals surface area (Å²) < 4.78 is 4.92. The van der Waals surface area contributed by atoms with Crippen LogP contribution >= 0.6 is 0 Å². The van der Waals surface area contributed by atoms with Crippen LogP contribution in [0.3, 0.4) is 0 Å². The molecule has 1 aromatic carbocycles. The molecule has 2 heterocycles. The lowest BCUT2D eigenvalue weighted by atomic mass is 10.2. The van der Waals surface area contributed by atoms with Crippen molar-refractivity contribution in [2.75, 3.05) is 18.4 Å². The van der Waals surface area contributed by atoms with Gasteiger partial charge >= 0.3 is 6.03 Å². The summed E-state index contributed by atoms with van der Waals surface area (Å²) in [5, 5.41) is 9.40. The van der Waals surface area contributed by atoms with Crippen molar-refractivity contribution in [2.45, 2.75) is 25.9 Å². The Morgan fingerprint density at radius 1 is 1.41 bits per heavy atom. The maximum atomic E-state index is 11.9. The summed E-state index contributed by atoms with van der Waals surface area (Å²) in [6, 6.07) is 12.0. The molecule has 2 N–H and O–H groups in total. The van der Waals surface area contributed by atoms with Crippen LogP contribution in [0.25, 0.3) is 0 Å². The summed E-state index contributed by atoms with van der Waals surface area (Å²) >= 11 is 0. The summed E-state index contributed by atoms with van der Waals surface area (Å²) in [4.78, 5) is 14.3. The molecule has 0 bridgehead atoms. The molecule has 22 heavy (non-hydrogen) atoms. The van der Waals surface area contributed by atoms with E-state index in [0.29, 0.717) is 11.6 Å². The van der Waals surface area contributed by atoms with Gasteiger partial charge in [-0.05, 0) is 18.9 Å². The minimum absolute atomic E-state index is 0.164. The van der Waals surface area contributed by atoms with Gasteiger partial charge < -0.3 is 9.84 Å². The Morgan fingerprint density at radius 2 is 2.23 bits per heavy atom. The SMILES string of the molecule is Cc1cc(NC(=O)NC2CCN(Cc3ccccc3)C2)no1. The summed E-state index contributed by atoms with van der Waals surface area (Å²) in [5.41, 5.74) is 1.30. The molecule has 2 amide bonds. The number of anilines is 1. The molecule has 0 saturated carbocycles. The van der Waals surface area contributed by atoms with E-state index in [1.807, 2.05) is 6.07 Å². The van der Waals surface area contributed by atoms with Gasteiger partial charge in [-0.15, -0.1) is 0 Å². The summed E-state index contributed by atoms with van der Waals surface area (Å²) in [7, 11) is 0. The zero-order valence-electron chi connectivity index (χ0n) is 12.6. The first-order chi connectivity index (χ1) is 10.7. The van der Waals surface area contributed by atoms with Crippen molar-refractivity contribution in [1.82, 2.24) is 15.4 Å². The Hall–Kier alpha value is -2.34. The lowest BCUT2D eigenvalue weighted by Gasteiger charge is -2.16. The van der Waals surface area contributed by atoms with Crippen LogP contribution in [-0.2, 0) is 6.54 Å². The van der Waals surface area contributed by atoms with Gasteiger partial charge in [-0.25, -0.2) is 4.79 Å². The predicted molar refractivity (Wildman–Crippen MR) is 83.5 cm³/mol. The largest absolute Gasteiger partial charge is 0.360 e. The Bertz CT molecular complexity index is 626. The van der Waals surface area contributed by atoms with Gasteiger partial charge in [0.15, 0.2) is 5.82 Å². The monoisotopic (exact) mass is 300 g/mol. The summed E-state index contributed by atoms with van der Waals surface area (Å²) in [5.74, 6) is 1.11. The number of carbonyl (C=O) groups excluding carboxylic acids is 1. The molecule has 1 aliphatic rings. The molecule has 0 aliphatic carbocycles. The number of urea groups is 1. The molecule has 1 aliphatic heterocycles. The van der Waals surface area contributed by atoms with E-state index >= 15 is 0 Å². The number of hydrogen-bond donors (Lipinski definition) is 2. The Balaban J connectivity index is 1.45. The Morgan fingerprint density at radius 3 is 2.95 bits per heavy atom. The van der Waals surface area contributed by atoms with Crippen LogP contribution in [0.2, 0.25) is 0 Å². The molecular weight excluding hydrogens is 280 g/mol. The fraction of sp³-hybridized carbons (Fsp3) is 0.375. The molecule has 6 heteroatoms. The number of aromatic nitrogens is 1. The number of rotatable bonds is 4. The van der Waals surface area contributed by atoms with Crippen LogP contribution in [0, 0.1) is 6.92 Å². The third-order valence-corrected chi connectivity index (χ3v) is 3.73. The highest BCUT2D eigenvalue weighted by atomic mass is 16.5. The standard InChI is InChI=1S/C16H20N4O2/c1-12-9-15(19-22-12)18-16(21)17-14-7-8-20(11-14)10-13-5-3-2-4-6-13/h2-6,9,14H,7-8,10-11H2,1H3,(H2,17,18,19,21). The predicted octanol–water partition coefficient (Wildman–Crippen LogP) is 2.38. The van der Waals surface area contributed by atoms with Gasteiger partial charge in [0, 0.05) is 31.7 Å². The third-order valence-electron chi connectivity index (χ3n) is 3.73. The van der Waals surface area contributed by atoms with Crippen LogP contribution in [0.15, 0.2) is 40.9 Å². The average molecular weight is 300 g/mol. The van der Waals surface area contributed by atoms with Gasteiger partial charge in [-0.3, -0.25) is 10.2 Å². The van der Waals surface area contributed by atoms with E-state index in [9.17, 15) is 4.79 Å². The van der Waals surface area contributed by atoms with Crippen LogP contribution in [-0.4, -0.2) is 35.2 Å². The lowest BCUT2D eigenvalue weighted by Crippen LogP contribution is -2.39. The summed E-state index contributed by atoms with van der Waals surface area (Å²) in [6.07, 6.45) is 0.956. The zero-order chi connectivity index (χ0) is 15.4. The number of aryl methyl sites for hydroxylation is 1. The second kappa shape index (κ2) is 6.62. The average Bonchev–Trinajstić information content (AvgIpc) is 3.09. The minimum atomic E-state index is -0.236. The van der Waals surface area contributed by atoms with Gasteiger partial charge in [0.2, 0.25) is 0 Å². The molecule has 0 radical (unpaired) electrons. The van der Waals surface area contributed by atoms with Crippen molar-refractivity contribution < 1.29 is 9.32 Å². The van der Waals surface area contributed by atoms with Crippen molar-refractivity contribution >= 4 is 11.8 Å². The number of nitrogens with zero attached hydrogens (tertiary/aromatic N) is 2. The molecule has 3 rings (SSSR count). The molecular formula is C16H20N4O2. The molecule has 1 aromatic heterocycles. The van der Waals surface area contributed by atoms with Crippen molar-refractivity contribution in [3.05, 3.63) is 47.7 Å². The van der Waals surface area contributed by atoms with E-state index < -0.39 is 0 Å². The lowest BCUT2D eigenvalue weighted by molar-refractivity contribution is 0.247. The first-order valence-corrected chi connectivity index (χ1v) is 7.46. The normalized spacial score (nSPS) is 18.3. The Kier molecular flexibility index (Phi) is 4.39. The molecule has 1 saturated heterocycles. The second-order valence-corrected chi connectivity index (χ2v) is 5.63. The quantitative estimate of drug-likeness (QED) is 0.909. The topological polar surface area (TPSA) is 70.4 Å². The maximum Gasteiger partial charge on any atom is 0.320 e. The van der Waals surface area contributed by atoms with Crippen LogP contribution in [0.4, 0.5) is 10.6 Å². The smallest absolute Gasteiger partial charge is 0.320 e. The fourth-order valence-corrected chi connectivity index (χ4v) is 2.70. The first-order valence-electron chi connectivity index (χ1n) is 7.46. The number of hydrogen-bond acceptors (Lipinski definition) is 4. The van der Waals surface area contributed by atoms with E-state index in [0.717, 1.165) is 26.1 Å². The van der Waals surface area contributed by atoms with E-state index in [-0.39, 0.29) is 12.1 Å². The van der Waals surface area contributed by atoms with Crippen molar-refractivity contribution in [3.8, 4) is 0 Å². The molecule has 6 nitrogen and oxygen atoms in total. The van der Waals surface area contributed by atoms with Crippen LogP contribution < -0.4 is 10.6 Å². The van der Waals surface area contributed by atoms with Gasteiger partial charge in [-0.1, -0.05) is 35.5 Å². The molecule has 1 fully saturated rings. The van der Waals surface area contributed by atoms with Crippen LogP contribution in [0.5, 0.6) is 0 Å². The van der Waals surface area contributed by atoms with Crippen molar-refractivity contribution in [2.24, 2.45) is 0 Å². The van der Waals surface area contributed by atoms with Gasteiger partial charge in [-0.2, -0.15) is 0 Å². The van der Waals surface area contributed by atoms with Crippen molar-refractivity contribution in [3.63, 3.8) is 0 Å². The zero-order valence-corrected chi connectivity index (χ0v) is 12.6. The van der Waals surface area contributed by atoms with E-state index in [2.05, 4.69) is 45.0 Å². The molecule has 0 spiro atoms. The highest BCUT2D eigenvalue weighted by molar-refractivity contribution is 5.88. The molecule has 1 unspecified atom stereocenters. The van der Waals surface area contributed by atoms with Crippen LogP contribution in [0.1, 0.15) is 17.7 Å². The van der Waals surface area contributed by atoms with E-state index in [4.69, 9.17) is 4.52 Å². The summed E-state index contributed by atoms with van der Waals surface area (Å²) in [6.45, 7) is 4.56. The number of amides is 2. The Labute approximate surface area is 129 Å². The number of carbonyl (C=O) groups is 1. The number of likely N-dealkylation sites (tertiary alicyclic amines) is 1. The van der Waals surface area contributed by atoms with E-state index in [1.54, 1.807) is 13.0 Å². The number of nitrogens with one attached hydrogen (secondary N) is 2. The molecule has 1 atom stereocenters. The van der Waals surface area contributed by atoms with Crippen molar-refractivity contribution in [1.29, 1.82) is 0 Å². The molecule has 2 aromatic rings. The molecule has 116 valence electrons.